The molecule has 0 aromatic heterocycles. The molecule has 3 nitrogen and oxygen atoms in total. The van der Waals surface area contributed by atoms with Gasteiger partial charge in [0.1, 0.15) is 0 Å². The SMILES string of the molecule is CCOC1=CC=CC[N+]1=O. The Balaban J connectivity index is 2.61. The van der Waals surface area contributed by atoms with Crippen LogP contribution in [0.2, 0.25) is 0 Å². The Labute approximate surface area is 59.6 Å². The Morgan fingerprint density at radius 1 is 1.80 bits per heavy atom. The van der Waals surface area contributed by atoms with Gasteiger partial charge in [-0.25, -0.2) is 0 Å². The van der Waals surface area contributed by atoms with Gasteiger partial charge in [-0.05, 0) is 19.1 Å². The Morgan fingerprint density at radius 3 is 3.20 bits per heavy atom. The zero-order chi connectivity index (χ0) is 7.40. The molecule has 0 N–H and O–H groups in total. The van der Waals surface area contributed by atoms with Crippen molar-refractivity contribution < 1.29 is 9.50 Å². The van der Waals surface area contributed by atoms with Crippen molar-refractivity contribution in [3.63, 3.8) is 0 Å². The van der Waals surface area contributed by atoms with Gasteiger partial charge in [0.05, 0.1) is 17.4 Å². The molecule has 0 amide bonds. The van der Waals surface area contributed by atoms with E-state index in [-0.39, 0.29) is 0 Å². The zero-order valence-electron chi connectivity index (χ0n) is 5.91. The van der Waals surface area contributed by atoms with Crippen molar-refractivity contribution in [2.75, 3.05) is 13.2 Å². The lowest BCUT2D eigenvalue weighted by molar-refractivity contribution is -0.522. The van der Waals surface area contributed by atoms with Crippen LogP contribution in [0, 0.1) is 4.91 Å². The highest BCUT2D eigenvalue weighted by Crippen LogP contribution is 2.03. The highest BCUT2D eigenvalue weighted by atomic mass is 16.5. The highest BCUT2D eigenvalue weighted by Gasteiger charge is 2.18. The molecule has 3 heteroatoms. The summed E-state index contributed by atoms with van der Waals surface area (Å²) in [5.74, 6) is 0.407. The van der Waals surface area contributed by atoms with Gasteiger partial charge in [0.15, 0.2) is 0 Å². The van der Waals surface area contributed by atoms with Gasteiger partial charge in [0.2, 0.25) is 6.54 Å². The monoisotopic (exact) mass is 140 g/mol. The maximum Gasteiger partial charge on any atom is 0.416 e. The molecule has 1 rings (SSSR count). The smallest absolute Gasteiger partial charge is 0.416 e. The molecule has 0 bridgehead atoms. The average molecular weight is 140 g/mol. The second-order valence-electron chi connectivity index (χ2n) is 1.93. The predicted octanol–water partition coefficient (Wildman–Crippen LogP) is 1.21. The molecule has 1 aliphatic rings. The third-order valence-electron chi connectivity index (χ3n) is 1.18. The van der Waals surface area contributed by atoms with E-state index in [0.29, 0.717) is 19.0 Å². The molecule has 0 saturated carbocycles. The van der Waals surface area contributed by atoms with Gasteiger partial charge >= 0.3 is 5.88 Å². The van der Waals surface area contributed by atoms with Crippen LogP contribution in [0.25, 0.3) is 0 Å². The maximum absolute atomic E-state index is 10.9. The largest absolute Gasteiger partial charge is 0.442 e. The minimum Gasteiger partial charge on any atom is -0.442 e. The van der Waals surface area contributed by atoms with E-state index in [1.807, 2.05) is 13.0 Å². The molecule has 54 valence electrons. The molecule has 0 fully saturated rings. The minimum atomic E-state index is 0.395. The van der Waals surface area contributed by atoms with Crippen molar-refractivity contribution in [3.8, 4) is 0 Å². The van der Waals surface area contributed by atoms with E-state index in [0.717, 1.165) is 4.76 Å². The van der Waals surface area contributed by atoms with Crippen LogP contribution in [0.4, 0.5) is 0 Å². The van der Waals surface area contributed by atoms with Crippen molar-refractivity contribution in [1.29, 1.82) is 0 Å². The maximum atomic E-state index is 10.9. The number of rotatable bonds is 2. The van der Waals surface area contributed by atoms with Crippen LogP contribution in [-0.2, 0) is 4.74 Å². The van der Waals surface area contributed by atoms with Crippen molar-refractivity contribution in [2.24, 2.45) is 0 Å². The summed E-state index contributed by atoms with van der Waals surface area (Å²) >= 11 is 0. The van der Waals surface area contributed by atoms with Gasteiger partial charge in [0, 0.05) is 4.91 Å². The summed E-state index contributed by atoms with van der Waals surface area (Å²) in [7, 11) is 0. The van der Waals surface area contributed by atoms with Crippen LogP contribution >= 0.6 is 0 Å². The average Bonchev–Trinajstić information content (AvgIpc) is 1.94. The number of allylic oxidation sites excluding steroid dienone is 2. The number of hydrogen-bond acceptors (Lipinski definition) is 2. The molecule has 0 spiro atoms. The summed E-state index contributed by atoms with van der Waals surface area (Å²) in [6.45, 7) is 2.79. The molecular formula is C7H10NO2+. The lowest BCUT2D eigenvalue weighted by Crippen LogP contribution is -2.12. The summed E-state index contributed by atoms with van der Waals surface area (Å²) in [5, 5.41) is 0. The third-order valence-corrected chi connectivity index (χ3v) is 1.18. The van der Waals surface area contributed by atoms with Gasteiger partial charge in [-0.1, -0.05) is 0 Å². The minimum absolute atomic E-state index is 0.395. The fraction of sp³-hybridized carbons (Fsp3) is 0.429. The predicted molar refractivity (Wildman–Crippen MR) is 37.3 cm³/mol. The van der Waals surface area contributed by atoms with E-state index in [1.165, 1.54) is 0 Å². The molecule has 0 aromatic rings. The second-order valence-corrected chi connectivity index (χ2v) is 1.93. The van der Waals surface area contributed by atoms with E-state index < -0.39 is 0 Å². The van der Waals surface area contributed by atoms with Crippen LogP contribution in [0.3, 0.4) is 0 Å². The molecule has 0 unspecified atom stereocenters. The number of nitrogens with zero attached hydrogens (tertiary/aromatic N) is 1. The van der Waals surface area contributed by atoms with Crippen molar-refractivity contribution in [1.82, 2.24) is 0 Å². The van der Waals surface area contributed by atoms with E-state index in [1.54, 1.807) is 12.2 Å². The number of hydrogen-bond donors (Lipinski definition) is 0. The summed E-state index contributed by atoms with van der Waals surface area (Å²) in [5.41, 5.74) is 0. The van der Waals surface area contributed by atoms with Gasteiger partial charge in [-0.2, -0.15) is 0 Å². The molecule has 10 heavy (non-hydrogen) atoms. The van der Waals surface area contributed by atoms with Gasteiger partial charge < -0.3 is 4.74 Å². The Kier molecular flexibility index (Phi) is 2.20. The number of ether oxygens (including phenoxy) is 1. The van der Waals surface area contributed by atoms with Crippen LogP contribution in [0.15, 0.2) is 24.1 Å². The zero-order valence-corrected chi connectivity index (χ0v) is 5.91. The first-order valence-corrected chi connectivity index (χ1v) is 3.29. The van der Waals surface area contributed by atoms with E-state index >= 15 is 0 Å². The van der Waals surface area contributed by atoms with Crippen LogP contribution < -0.4 is 0 Å². The first-order chi connectivity index (χ1) is 4.84. The van der Waals surface area contributed by atoms with Crippen molar-refractivity contribution >= 4 is 0 Å². The topological polar surface area (TPSA) is 29.3 Å². The molecule has 1 heterocycles. The normalized spacial score (nSPS) is 16.9. The highest BCUT2D eigenvalue weighted by molar-refractivity contribution is 5.06. The van der Waals surface area contributed by atoms with E-state index in [9.17, 15) is 4.91 Å². The summed E-state index contributed by atoms with van der Waals surface area (Å²) in [6.07, 6.45) is 5.27. The third kappa shape index (κ3) is 1.43. The molecule has 0 aliphatic carbocycles. The van der Waals surface area contributed by atoms with E-state index in [2.05, 4.69) is 0 Å². The first-order valence-electron chi connectivity index (χ1n) is 3.29. The Morgan fingerprint density at radius 2 is 2.60 bits per heavy atom. The Bertz CT molecular complexity index is 194. The lowest BCUT2D eigenvalue weighted by atomic mass is 10.4. The number of nitroso groups, excluding NO2 is 1. The quantitative estimate of drug-likeness (QED) is 0.539. The fourth-order valence-electron chi connectivity index (χ4n) is 0.748. The second kappa shape index (κ2) is 3.15. The van der Waals surface area contributed by atoms with Crippen molar-refractivity contribution in [2.45, 2.75) is 6.92 Å². The summed E-state index contributed by atoms with van der Waals surface area (Å²) in [4.78, 5) is 10.9. The first kappa shape index (κ1) is 6.99. The molecule has 0 saturated heterocycles. The summed E-state index contributed by atoms with van der Waals surface area (Å²) < 4.78 is 5.84. The standard InChI is InChI=1S/C7H10NO2/c1-2-10-7-5-3-4-6-8(7)9/h3-5H,2,6H2,1H3/q+1. The molecule has 1 aliphatic heterocycles. The molecule has 0 atom stereocenters. The lowest BCUT2D eigenvalue weighted by Gasteiger charge is -1.99. The Hall–Kier alpha value is -1.12. The van der Waals surface area contributed by atoms with Crippen LogP contribution in [0.5, 0.6) is 0 Å². The van der Waals surface area contributed by atoms with Gasteiger partial charge in [-0.15, -0.1) is 0 Å². The van der Waals surface area contributed by atoms with Crippen molar-refractivity contribution in [3.05, 3.63) is 29.0 Å². The molecule has 0 radical (unpaired) electrons. The van der Waals surface area contributed by atoms with Gasteiger partial charge in [-0.3, -0.25) is 0 Å². The molecular weight excluding hydrogens is 130 g/mol. The van der Waals surface area contributed by atoms with E-state index in [4.69, 9.17) is 4.74 Å². The molecule has 0 aromatic carbocycles. The fourth-order valence-corrected chi connectivity index (χ4v) is 0.748. The van der Waals surface area contributed by atoms with Crippen LogP contribution in [0.1, 0.15) is 6.92 Å². The van der Waals surface area contributed by atoms with Gasteiger partial charge in [0.25, 0.3) is 0 Å². The summed E-state index contributed by atoms with van der Waals surface area (Å²) in [6, 6.07) is 0. The van der Waals surface area contributed by atoms with Crippen LogP contribution in [-0.4, -0.2) is 17.9 Å².